The average Bonchev–Trinajstić information content (AvgIpc) is 2.56. The van der Waals surface area contributed by atoms with E-state index in [-0.39, 0.29) is 0 Å². The summed E-state index contributed by atoms with van der Waals surface area (Å²) >= 11 is 3.52. The van der Waals surface area contributed by atoms with Gasteiger partial charge < -0.3 is 5.11 Å². The molecule has 86 valence electrons. The number of benzene rings is 1. The standard InChI is InChI=1S/C13H16BrNO/c1-13(16)7-15(8-13)12-5-2-9-6-10(14)3-4-11(9)12/h3-4,6,12,16H,2,5,7-8H2,1H3. The largest absolute Gasteiger partial charge is 0.388 e. The van der Waals surface area contributed by atoms with E-state index in [1.807, 2.05) is 6.92 Å². The molecule has 3 rings (SSSR count). The van der Waals surface area contributed by atoms with E-state index in [0.717, 1.165) is 19.5 Å². The summed E-state index contributed by atoms with van der Waals surface area (Å²) in [6.45, 7) is 3.54. The molecule has 0 spiro atoms. The van der Waals surface area contributed by atoms with Gasteiger partial charge in [-0.3, -0.25) is 4.90 Å². The van der Waals surface area contributed by atoms with Gasteiger partial charge >= 0.3 is 0 Å². The quantitative estimate of drug-likeness (QED) is 0.855. The zero-order chi connectivity index (χ0) is 11.3. The van der Waals surface area contributed by atoms with E-state index >= 15 is 0 Å². The molecule has 1 aliphatic heterocycles. The summed E-state index contributed by atoms with van der Waals surface area (Å²) in [5, 5.41) is 9.79. The Hall–Kier alpha value is -0.380. The Kier molecular flexibility index (Phi) is 2.39. The highest BCUT2D eigenvalue weighted by Gasteiger charge is 2.42. The predicted octanol–water partition coefficient (Wildman–Crippen LogP) is 2.50. The highest BCUT2D eigenvalue weighted by molar-refractivity contribution is 9.10. The lowest BCUT2D eigenvalue weighted by Crippen LogP contribution is -2.60. The molecule has 0 saturated carbocycles. The molecule has 1 heterocycles. The van der Waals surface area contributed by atoms with Crippen LogP contribution in [-0.4, -0.2) is 28.7 Å². The molecule has 0 radical (unpaired) electrons. The van der Waals surface area contributed by atoms with Gasteiger partial charge in [0.2, 0.25) is 0 Å². The van der Waals surface area contributed by atoms with Crippen LogP contribution in [0, 0.1) is 0 Å². The minimum atomic E-state index is -0.460. The normalized spacial score (nSPS) is 27.6. The summed E-state index contributed by atoms with van der Waals surface area (Å²) in [6.07, 6.45) is 2.36. The van der Waals surface area contributed by atoms with Crippen molar-refractivity contribution in [3.8, 4) is 0 Å². The number of likely N-dealkylation sites (tertiary alicyclic amines) is 1. The van der Waals surface area contributed by atoms with Gasteiger partial charge in [0.05, 0.1) is 5.60 Å². The van der Waals surface area contributed by atoms with E-state index in [1.54, 1.807) is 0 Å². The van der Waals surface area contributed by atoms with E-state index < -0.39 is 5.60 Å². The van der Waals surface area contributed by atoms with Gasteiger partial charge in [-0.15, -0.1) is 0 Å². The first-order valence-electron chi connectivity index (χ1n) is 5.80. The van der Waals surface area contributed by atoms with Crippen molar-refractivity contribution in [2.45, 2.75) is 31.4 Å². The fraction of sp³-hybridized carbons (Fsp3) is 0.538. The summed E-state index contributed by atoms with van der Waals surface area (Å²) in [5.41, 5.74) is 2.46. The monoisotopic (exact) mass is 281 g/mol. The van der Waals surface area contributed by atoms with Crippen molar-refractivity contribution in [2.75, 3.05) is 13.1 Å². The van der Waals surface area contributed by atoms with Gasteiger partial charge in [0.1, 0.15) is 0 Å². The molecule has 1 aromatic rings. The van der Waals surface area contributed by atoms with Crippen molar-refractivity contribution in [1.29, 1.82) is 0 Å². The Morgan fingerprint density at radius 2 is 2.19 bits per heavy atom. The predicted molar refractivity (Wildman–Crippen MR) is 67.4 cm³/mol. The number of hydrogen-bond donors (Lipinski definition) is 1. The Morgan fingerprint density at radius 3 is 2.88 bits per heavy atom. The lowest BCUT2D eigenvalue weighted by atomic mass is 9.93. The maximum Gasteiger partial charge on any atom is 0.0872 e. The molecule has 1 saturated heterocycles. The van der Waals surface area contributed by atoms with E-state index in [4.69, 9.17) is 0 Å². The number of fused-ring (bicyclic) bond motifs is 1. The van der Waals surface area contributed by atoms with Crippen molar-refractivity contribution in [3.63, 3.8) is 0 Å². The summed E-state index contributed by atoms with van der Waals surface area (Å²) in [4.78, 5) is 2.39. The molecule has 16 heavy (non-hydrogen) atoms. The summed E-state index contributed by atoms with van der Waals surface area (Å²) in [5.74, 6) is 0. The van der Waals surface area contributed by atoms with Crippen molar-refractivity contribution < 1.29 is 5.11 Å². The molecular weight excluding hydrogens is 266 g/mol. The zero-order valence-electron chi connectivity index (χ0n) is 9.41. The van der Waals surface area contributed by atoms with Gasteiger partial charge in [-0.2, -0.15) is 0 Å². The topological polar surface area (TPSA) is 23.5 Å². The summed E-state index contributed by atoms with van der Waals surface area (Å²) < 4.78 is 1.17. The van der Waals surface area contributed by atoms with Crippen molar-refractivity contribution in [1.82, 2.24) is 4.90 Å². The van der Waals surface area contributed by atoms with E-state index in [9.17, 15) is 5.11 Å². The van der Waals surface area contributed by atoms with Gasteiger partial charge in [-0.1, -0.05) is 22.0 Å². The van der Waals surface area contributed by atoms with Crippen LogP contribution < -0.4 is 0 Å². The smallest absolute Gasteiger partial charge is 0.0872 e. The lowest BCUT2D eigenvalue weighted by Gasteiger charge is -2.47. The highest BCUT2D eigenvalue weighted by atomic mass is 79.9. The molecule has 2 aliphatic rings. The summed E-state index contributed by atoms with van der Waals surface area (Å²) in [6, 6.07) is 7.11. The van der Waals surface area contributed by atoms with E-state index in [0.29, 0.717) is 6.04 Å². The fourth-order valence-electron chi connectivity index (χ4n) is 2.99. The number of rotatable bonds is 1. The van der Waals surface area contributed by atoms with Crippen molar-refractivity contribution in [3.05, 3.63) is 33.8 Å². The summed E-state index contributed by atoms with van der Waals surface area (Å²) in [7, 11) is 0. The SMILES string of the molecule is CC1(O)CN(C2CCc3cc(Br)ccc32)C1. The number of β-amino-alcohol motifs (C(OH)–C–C–N with tert-alkyl or cyclic N) is 1. The van der Waals surface area contributed by atoms with Crippen molar-refractivity contribution in [2.24, 2.45) is 0 Å². The average molecular weight is 282 g/mol. The molecule has 1 aliphatic carbocycles. The minimum absolute atomic E-state index is 0.460. The van der Waals surface area contributed by atoms with Crippen LogP contribution in [0.4, 0.5) is 0 Å². The Morgan fingerprint density at radius 1 is 1.44 bits per heavy atom. The van der Waals surface area contributed by atoms with Crippen molar-refractivity contribution >= 4 is 15.9 Å². The minimum Gasteiger partial charge on any atom is -0.388 e. The second-order valence-corrected chi connectivity index (χ2v) is 6.22. The second-order valence-electron chi connectivity index (χ2n) is 5.30. The van der Waals surface area contributed by atoms with Crippen LogP contribution in [-0.2, 0) is 6.42 Å². The first kappa shape index (κ1) is 10.8. The Balaban J connectivity index is 1.82. The number of nitrogens with zero attached hydrogens (tertiary/aromatic N) is 1. The fourth-order valence-corrected chi connectivity index (χ4v) is 3.40. The van der Waals surface area contributed by atoms with Crippen LogP contribution in [0.15, 0.2) is 22.7 Å². The molecule has 3 heteroatoms. The van der Waals surface area contributed by atoms with Crippen LogP contribution in [0.5, 0.6) is 0 Å². The molecule has 0 bridgehead atoms. The van der Waals surface area contributed by atoms with E-state index in [2.05, 4.69) is 39.0 Å². The van der Waals surface area contributed by atoms with Gasteiger partial charge in [-0.05, 0) is 43.0 Å². The third-order valence-corrected chi connectivity index (χ3v) is 4.17. The van der Waals surface area contributed by atoms with Crippen LogP contribution in [0.2, 0.25) is 0 Å². The molecule has 1 fully saturated rings. The molecule has 1 aromatic carbocycles. The van der Waals surface area contributed by atoms with Gasteiger partial charge in [0, 0.05) is 23.6 Å². The Bertz CT molecular complexity index is 422. The van der Waals surface area contributed by atoms with Gasteiger partial charge in [0.15, 0.2) is 0 Å². The van der Waals surface area contributed by atoms with Crippen LogP contribution in [0.3, 0.4) is 0 Å². The third kappa shape index (κ3) is 1.71. The van der Waals surface area contributed by atoms with Crippen LogP contribution in [0.25, 0.3) is 0 Å². The maximum absolute atomic E-state index is 9.79. The van der Waals surface area contributed by atoms with Gasteiger partial charge in [-0.25, -0.2) is 0 Å². The number of hydrogen-bond acceptors (Lipinski definition) is 2. The first-order chi connectivity index (χ1) is 7.55. The molecular formula is C13H16BrNO. The molecule has 1 atom stereocenters. The molecule has 0 amide bonds. The number of halogens is 1. The first-order valence-corrected chi connectivity index (χ1v) is 6.59. The Labute approximate surface area is 104 Å². The molecule has 2 nitrogen and oxygen atoms in total. The second kappa shape index (κ2) is 3.56. The molecule has 1 unspecified atom stereocenters. The van der Waals surface area contributed by atoms with Gasteiger partial charge in [0.25, 0.3) is 0 Å². The van der Waals surface area contributed by atoms with E-state index in [1.165, 1.54) is 22.0 Å². The number of aryl methyl sites for hydroxylation is 1. The third-order valence-electron chi connectivity index (χ3n) is 3.68. The molecule has 1 N–H and O–H groups in total. The highest BCUT2D eigenvalue weighted by Crippen LogP contribution is 2.40. The lowest BCUT2D eigenvalue weighted by molar-refractivity contribution is -0.103. The number of aliphatic hydroxyl groups is 1. The molecule has 0 aromatic heterocycles. The zero-order valence-corrected chi connectivity index (χ0v) is 11.0. The van der Waals surface area contributed by atoms with Crippen LogP contribution in [0.1, 0.15) is 30.5 Å². The van der Waals surface area contributed by atoms with Crippen LogP contribution >= 0.6 is 15.9 Å². The maximum atomic E-state index is 9.79.